The second kappa shape index (κ2) is 14.8. The van der Waals surface area contributed by atoms with Gasteiger partial charge in [0.2, 0.25) is 5.82 Å². The van der Waals surface area contributed by atoms with Crippen molar-refractivity contribution in [1.82, 2.24) is 25.5 Å². The number of nitrogens with one attached hydrogen (secondary N) is 1. The normalized spacial score (nSPS) is 16.4. The van der Waals surface area contributed by atoms with E-state index in [1.807, 2.05) is 25.1 Å². The fourth-order valence-corrected chi connectivity index (χ4v) is 6.88. The van der Waals surface area contributed by atoms with Crippen LogP contribution in [-0.4, -0.2) is 52.3 Å². The van der Waals surface area contributed by atoms with Crippen molar-refractivity contribution < 1.29 is 23.5 Å². The van der Waals surface area contributed by atoms with E-state index >= 15 is 0 Å². The van der Waals surface area contributed by atoms with Gasteiger partial charge in [-0.3, -0.25) is 14.5 Å². The number of rotatable bonds is 11. The van der Waals surface area contributed by atoms with E-state index in [-0.39, 0.29) is 24.4 Å². The number of carbonyl (C=O) groups excluding carboxylic acids is 2. The second-order valence-electron chi connectivity index (χ2n) is 12.6. The van der Waals surface area contributed by atoms with Crippen LogP contribution in [-0.2, 0) is 16.1 Å². The first-order valence-corrected chi connectivity index (χ1v) is 16.7. The molecule has 2 aromatic carbocycles. The summed E-state index contributed by atoms with van der Waals surface area (Å²) in [4.78, 5) is 31.3. The van der Waals surface area contributed by atoms with Gasteiger partial charge in [-0.15, -0.1) is 10.2 Å². The van der Waals surface area contributed by atoms with Crippen molar-refractivity contribution >= 4 is 17.5 Å². The van der Waals surface area contributed by atoms with Gasteiger partial charge in [0.15, 0.2) is 17.5 Å². The maximum atomic E-state index is 14.4. The van der Waals surface area contributed by atoms with Gasteiger partial charge in [0, 0.05) is 17.3 Å². The van der Waals surface area contributed by atoms with Gasteiger partial charge in [-0.25, -0.2) is 0 Å². The molecule has 6 rings (SSSR count). The number of methoxy groups -OCH3 is 2. The highest BCUT2D eigenvalue weighted by Crippen LogP contribution is 2.36. The van der Waals surface area contributed by atoms with Gasteiger partial charge in [-0.1, -0.05) is 50.7 Å². The number of carbonyl (C=O) groups is 2. The summed E-state index contributed by atoms with van der Waals surface area (Å²) in [6.45, 7) is 1.59. The van der Waals surface area contributed by atoms with Gasteiger partial charge in [-0.05, 0) is 91.8 Å². The third-order valence-corrected chi connectivity index (χ3v) is 9.38. The minimum atomic E-state index is -1.02. The van der Waals surface area contributed by atoms with Gasteiger partial charge in [0.1, 0.15) is 18.1 Å². The van der Waals surface area contributed by atoms with E-state index in [0.29, 0.717) is 46.0 Å². The van der Waals surface area contributed by atoms with E-state index in [9.17, 15) is 9.59 Å². The quantitative estimate of drug-likeness (QED) is 0.196. The molecule has 2 amide bonds. The summed E-state index contributed by atoms with van der Waals surface area (Å²) in [5.74, 6) is 2.37. The minimum absolute atomic E-state index is 0.0569. The number of hydrogen-bond donors (Lipinski definition) is 1. The Balaban J connectivity index is 1.33. The first-order valence-electron chi connectivity index (χ1n) is 16.7. The van der Waals surface area contributed by atoms with Crippen LogP contribution < -0.4 is 19.7 Å². The van der Waals surface area contributed by atoms with Crippen molar-refractivity contribution in [3.63, 3.8) is 0 Å². The molecule has 0 radical (unpaired) electrons. The number of hydrogen-bond acceptors (Lipinski definition) is 8. The zero-order valence-corrected chi connectivity index (χ0v) is 27.5. The van der Waals surface area contributed by atoms with Gasteiger partial charge in [0.25, 0.3) is 11.8 Å². The molecule has 0 bridgehead atoms. The average Bonchev–Trinajstić information content (AvgIpc) is 3.76. The summed E-state index contributed by atoms with van der Waals surface area (Å²) in [7, 11) is 3.13. The SMILES string of the molecule is COc1ccc(-c2nnn(CC(=O)N(c3ccc(C4CCCCC4)cc3)[C@@H](C(=O)NC3CCCCC3)c3ccc(C)o3)n2)cc1OC. The Bertz CT molecular complexity index is 1650. The van der Waals surface area contributed by atoms with Gasteiger partial charge < -0.3 is 19.2 Å². The van der Waals surface area contributed by atoms with Crippen LogP contribution in [0.4, 0.5) is 5.69 Å². The molecule has 11 nitrogen and oxygen atoms in total. The number of amides is 2. The topological polar surface area (TPSA) is 125 Å². The molecule has 47 heavy (non-hydrogen) atoms. The highest BCUT2D eigenvalue weighted by Gasteiger charge is 2.37. The first kappa shape index (κ1) is 32.3. The van der Waals surface area contributed by atoms with Crippen LogP contribution in [0.2, 0.25) is 0 Å². The van der Waals surface area contributed by atoms with Crippen molar-refractivity contribution in [1.29, 1.82) is 0 Å². The number of furan rings is 1. The van der Waals surface area contributed by atoms with Crippen LogP contribution >= 0.6 is 0 Å². The Morgan fingerprint density at radius 2 is 1.62 bits per heavy atom. The lowest BCUT2D eigenvalue weighted by Crippen LogP contribution is -2.48. The second-order valence-corrected chi connectivity index (χ2v) is 12.6. The summed E-state index contributed by atoms with van der Waals surface area (Å²) < 4.78 is 16.8. The fraction of sp³-hybridized carbons (Fsp3) is 0.472. The Kier molecular flexibility index (Phi) is 10.2. The van der Waals surface area contributed by atoms with Gasteiger partial charge >= 0.3 is 0 Å². The highest BCUT2D eigenvalue weighted by molar-refractivity contribution is 6.01. The molecule has 1 atom stereocenters. The number of tetrazole rings is 1. The lowest BCUT2D eigenvalue weighted by molar-refractivity contribution is -0.128. The summed E-state index contributed by atoms with van der Waals surface area (Å²) in [5, 5.41) is 16.1. The van der Waals surface area contributed by atoms with Crippen LogP contribution in [0.15, 0.2) is 59.0 Å². The van der Waals surface area contributed by atoms with Crippen LogP contribution in [0.25, 0.3) is 11.4 Å². The number of nitrogens with zero attached hydrogens (tertiary/aromatic N) is 5. The Labute approximate surface area is 275 Å². The van der Waals surface area contributed by atoms with E-state index < -0.39 is 6.04 Å². The third-order valence-electron chi connectivity index (χ3n) is 9.38. The Morgan fingerprint density at radius 3 is 2.28 bits per heavy atom. The molecule has 2 aliphatic carbocycles. The predicted octanol–water partition coefficient (Wildman–Crippen LogP) is 6.53. The molecule has 0 unspecified atom stereocenters. The molecule has 11 heteroatoms. The van der Waals surface area contributed by atoms with Crippen LogP contribution in [0.3, 0.4) is 0 Å². The van der Waals surface area contributed by atoms with Crippen molar-refractivity contribution in [3.05, 3.63) is 71.7 Å². The van der Waals surface area contributed by atoms with Crippen molar-refractivity contribution in [2.75, 3.05) is 19.1 Å². The zero-order valence-electron chi connectivity index (χ0n) is 27.5. The monoisotopic (exact) mass is 640 g/mol. The maximum absolute atomic E-state index is 14.4. The summed E-state index contributed by atoms with van der Waals surface area (Å²) in [5.41, 5.74) is 2.52. The lowest BCUT2D eigenvalue weighted by atomic mass is 9.84. The minimum Gasteiger partial charge on any atom is -0.493 e. The molecule has 4 aromatic rings. The van der Waals surface area contributed by atoms with Gasteiger partial charge in [-0.2, -0.15) is 4.80 Å². The molecule has 1 N–H and O–H groups in total. The molecule has 2 aromatic heterocycles. The van der Waals surface area contributed by atoms with E-state index in [2.05, 4.69) is 32.9 Å². The average molecular weight is 641 g/mol. The van der Waals surface area contributed by atoms with E-state index in [1.165, 1.54) is 53.8 Å². The first-order chi connectivity index (χ1) is 22.9. The number of aryl methyl sites for hydroxylation is 1. The molecule has 2 saturated carbocycles. The van der Waals surface area contributed by atoms with Crippen molar-refractivity contribution in [2.24, 2.45) is 0 Å². The summed E-state index contributed by atoms with van der Waals surface area (Å²) in [6.07, 6.45) is 11.2. The van der Waals surface area contributed by atoms with Crippen LogP contribution in [0.5, 0.6) is 11.5 Å². The van der Waals surface area contributed by atoms with Crippen molar-refractivity contribution in [3.8, 4) is 22.9 Å². The number of benzene rings is 2. The van der Waals surface area contributed by atoms with E-state index in [1.54, 1.807) is 38.5 Å². The molecule has 2 heterocycles. The van der Waals surface area contributed by atoms with Gasteiger partial charge in [0.05, 0.1) is 14.2 Å². The molecule has 2 fully saturated rings. The largest absolute Gasteiger partial charge is 0.493 e. The predicted molar refractivity (Wildman–Crippen MR) is 177 cm³/mol. The molecule has 2 aliphatic rings. The Morgan fingerprint density at radius 1 is 0.915 bits per heavy atom. The van der Waals surface area contributed by atoms with E-state index in [0.717, 1.165) is 25.7 Å². The third kappa shape index (κ3) is 7.50. The highest BCUT2D eigenvalue weighted by atomic mass is 16.5. The molecular formula is C36H44N6O5. The summed E-state index contributed by atoms with van der Waals surface area (Å²) in [6, 6.07) is 16.0. The van der Waals surface area contributed by atoms with E-state index in [4.69, 9.17) is 13.9 Å². The number of anilines is 1. The lowest BCUT2D eigenvalue weighted by Gasteiger charge is -2.32. The zero-order chi connectivity index (χ0) is 32.8. The number of ether oxygens (including phenoxy) is 2. The molecule has 0 spiro atoms. The standard InChI is InChI=1S/C36H44N6O5/c1-24-14-20-31(47-24)34(36(44)37-28-12-8-5-9-13-28)42(29-18-15-26(16-19-29)25-10-6-4-7-11-25)33(43)23-41-39-35(38-40-41)27-17-21-30(45-2)32(22-27)46-3/h14-22,25,28,34H,4-13,23H2,1-3H3,(H,37,44)/t34-/m1/s1. The number of aromatic nitrogens is 4. The smallest absolute Gasteiger partial charge is 0.251 e. The maximum Gasteiger partial charge on any atom is 0.251 e. The molecule has 0 aliphatic heterocycles. The summed E-state index contributed by atoms with van der Waals surface area (Å²) >= 11 is 0. The molecule has 0 saturated heterocycles. The molecular weight excluding hydrogens is 596 g/mol. The fourth-order valence-electron chi connectivity index (χ4n) is 6.88. The Hall–Kier alpha value is -4.67. The van der Waals surface area contributed by atoms with Crippen molar-refractivity contribution in [2.45, 2.75) is 95.7 Å². The van der Waals surface area contributed by atoms with Crippen LogP contribution in [0.1, 0.15) is 93.3 Å². The van der Waals surface area contributed by atoms with Crippen LogP contribution in [0, 0.1) is 6.92 Å². The molecule has 248 valence electrons.